The van der Waals surface area contributed by atoms with E-state index in [2.05, 4.69) is 0 Å². The highest BCUT2D eigenvalue weighted by atomic mass is 19.1. The van der Waals surface area contributed by atoms with Crippen molar-refractivity contribution in [1.82, 2.24) is 4.90 Å². The second-order valence-corrected chi connectivity index (χ2v) is 6.55. The van der Waals surface area contributed by atoms with Crippen LogP contribution in [0.2, 0.25) is 0 Å². The van der Waals surface area contributed by atoms with Gasteiger partial charge in [0.05, 0.1) is 24.7 Å². The first-order chi connectivity index (χ1) is 11.6. The summed E-state index contributed by atoms with van der Waals surface area (Å²) in [5.74, 6) is 0.334. The van der Waals surface area contributed by atoms with Gasteiger partial charge in [0.2, 0.25) is 5.91 Å². The first-order valence-electron chi connectivity index (χ1n) is 8.48. The topological polar surface area (TPSA) is 48.0 Å². The van der Waals surface area contributed by atoms with E-state index in [9.17, 15) is 9.18 Å². The maximum atomic E-state index is 12.9. The zero-order valence-electron chi connectivity index (χ0n) is 14.0. The van der Waals surface area contributed by atoms with Gasteiger partial charge in [-0.15, -0.1) is 0 Å². The molecule has 2 saturated heterocycles. The minimum Gasteiger partial charge on any atom is -0.493 e. The summed E-state index contributed by atoms with van der Waals surface area (Å²) >= 11 is 0. The molecular weight excluding hydrogens is 313 g/mol. The number of hydrogen-bond acceptors (Lipinski definition) is 4. The van der Waals surface area contributed by atoms with Gasteiger partial charge in [-0.1, -0.05) is 0 Å². The van der Waals surface area contributed by atoms with Gasteiger partial charge in [-0.25, -0.2) is 4.39 Å². The minimum atomic E-state index is -0.303. The Bertz CT molecular complexity index is 557. The van der Waals surface area contributed by atoms with E-state index in [1.54, 1.807) is 12.1 Å². The Morgan fingerprint density at radius 3 is 2.75 bits per heavy atom. The van der Waals surface area contributed by atoms with Crippen LogP contribution in [0.4, 0.5) is 4.39 Å². The van der Waals surface area contributed by atoms with Gasteiger partial charge < -0.3 is 19.1 Å². The van der Waals surface area contributed by atoms with Gasteiger partial charge in [0, 0.05) is 39.1 Å². The van der Waals surface area contributed by atoms with E-state index in [0.29, 0.717) is 38.5 Å². The fraction of sp³-hybridized carbons (Fsp3) is 0.611. The molecule has 1 amide bonds. The van der Waals surface area contributed by atoms with Crippen LogP contribution in [-0.2, 0) is 14.3 Å². The predicted molar refractivity (Wildman–Crippen MR) is 86.4 cm³/mol. The molecule has 3 rings (SSSR count). The molecule has 6 heteroatoms. The standard InChI is InChI=1S/C18H24FNO4/c1-14-12-20(13-18(24-14)7-10-22-11-8-18)17(21)6-9-23-16-4-2-15(19)3-5-16/h2-5,14H,6-13H2,1H3. The van der Waals surface area contributed by atoms with Crippen molar-refractivity contribution >= 4 is 5.91 Å². The highest BCUT2D eigenvalue weighted by Gasteiger charge is 2.41. The SMILES string of the molecule is CC1CN(C(=O)CCOc2ccc(F)cc2)CC2(CCOCC2)O1. The van der Waals surface area contributed by atoms with Crippen LogP contribution in [0.15, 0.2) is 24.3 Å². The Kier molecular flexibility index (Phi) is 5.36. The van der Waals surface area contributed by atoms with E-state index in [4.69, 9.17) is 14.2 Å². The number of rotatable bonds is 4. The fourth-order valence-corrected chi connectivity index (χ4v) is 3.38. The van der Waals surface area contributed by atoms with Crippen LogP contribution in [0.3, 0.4) is 0 Å². The maximum absolute atomic E-state index is 12.9. The Hall–Kier alpha value is -1.66. The molecule has 2 heterocycles. The van der Waals surface area contributed by atoms with Crippen molar-refractivity contribution in [3.63, 3.8) is 0 Å². The quantitative estimate of drug-likeness (QED) is 0.846. The molecule has 0 bridgehead atoms. The van der Waals surface area contributed by atoms with E-state index in [0.717, 1.165) is 12.8 Å². The van der Waals surface area contributed by atoms with Gasteiger partial charge >= 0.3 is 0 Å². The lowest BCUT2D eigenvalue weighted by Crippen LogP contribution is -2.58. The molecule has 1 spiro atoms. The summed E-state index contributed by atoms with van der Waals surface area (Å²) in [6.07, 6.45) is 1.98. The van der Waals surface area contributed by atoms with E-state index in [-0.39, 0.29) is 30.0 Å². The van der Waals surface area contributed by atoms with E-state index < -0.39 is 0 Å². The van der Waals surface area contributed by atoms with E-state index in [1.165, 1.54) is 12.1 Å². The molecule has 0 aliphatic carbocycles. The largest absolute Gasteiger partial charge is 0.493 e. The highest BCUT2D eigenvalue weighted by Crippen LogP contribution is 2.31. The molecule has 1 aromatic rings. The molecule has 132 valence electrons. The maximum Gasteiger partial charge on any atom is 0.226 e. The number of carbonyl (C=O) groups is 1. The van der Waals surface area contributed by atoms with Crippen LogP contribution in [0, 0.1) is 5.82 Å². The Morgan fingerprint density at radius 2 is 2.04 bits per heavy atom. The lowest BCUT2D eigenvalue weighted by Gasteiger charge is -2.47. The summed E-state index contributed by atoms with van der Waals surface area (Å²) < 4.78 is 29.9. The molecule has 2 fully saturated rings. The zero-order valence-corrected chi connectivity index (χ0v) is 14.0. The number of morpholine rings is 1. The highest BCUT2D eigenvalue weighted by molar-refractivity contribution is 5.76. The Labute approximate surface area is 141 Å². The Morgan fingerprint density at radius 1 is 1.33 bits per heavy atom. The summed E-state index contributed by atoms with van der Waals surface area (Å²) in [7, 11) is 0. The van der Waals surface area contributed by atoms with Gasteiger partial charge in [0.25, 0.3) is 0 Å². The van der Waals surface area contributed by atoms with Crippen molar-refractivity contribution in [3.8, 4) is 5.75 Å². The first kappa shape index (κ1) is 17.2. The van der Waals surface area contributed by atoms with Crippen LogP contribution < -0.4 is 4.74 Å². The van der Waals surface area contributed by atoms with Crippen LogP contribution in [0.5, 0.6) is 5.75 Å². The normalized spacial score (nSPS) is 23.2. The number of nitrogens with zero attached hydrogens (tertiary/aromatic N) is 1. The van der Waals surface area contributed by atoms with Crippen molar-refractivity contribution in [3.05, 3.63) is 30.1 Å². The zero-order chi connectivity index (χ0) is 17.0. The smallest absolute Gasteiger partial charge is 0.226 e. The average molecular weight is 337 g/mol. The molecule has 2 aliphatic heterocycles. The molecular formula is C18H24FNO4. The number of halogens is 1. The lowest BCUT2D eigenvalue weighted by atomic mass is 9.91. The van der Waals surface area contributed by atoms with Gasteiger partial charge in [0.15, 0.2) is 0 Å². The number of hydrogen-bond donors (Lipinski definition) is 0. The third kappa shape index (κ3) is 4.24. The molecule has 0 radical (unpaired) electrons. The van der Waals surface area contributed by atoms with Gasteiger partial charge in [-0.2, -0.15) is 0 Å². The second kappa shape index (κ2) is 7.49. The van der Waals surface area contributed by atoms with Crippen LogP contribution in [0.1, 0.15) is 26.2 Å². The molecule has 1 atom stereocenters. The molecule has 1 aromatic carbocycles. The molecule has 1 unspecified atom stereocenters. The van der Waals surface area contributed by atoms with Crippen molar-refractivity contribution in [1.29, 1.82) is 0 Å². The lowest BCUT2D eigenvalue weighted by molar-refractivity contribution is -0.189. The summed E-state index contributed by atoms with van der Waals surface area (Å²) in [6, 6.07) is 5.81. The van der Waals surface area contributed by atoms with Gasteiger partial charge in [0.1, 0.15) is 11.6 Å². The van der Waals surface area contributed by atoms with Crippen LogP contribution in [-0.4, -0.2) is 55.4 Å². The molecule has 0 N–H and O–H groups in total. The number of amides is 1. The van der Waals surface area contributed by atoms with E-state index in [1.807, 2.05) is 11.8 Å². The second-order valence-electron chi connectivity index (χ2n) is 6.55. The number of ether oxygens (including phenoxy) is 3. The monoisotopic (exact) mass is 337 g/mol. The molecule has 5 nitrogen and oxygen atoms in total. The van der Waals surface area contributed by atoms with Crippen molar-refractivity contribution in [2.45, 2.75) is 37.9 Å². The summed E-state index contributed by atoms with van der Waals surface area (Å²) in [4.78, 5) is 14.4. The molecule has 0 aromatic heterocycles. The summed E-state index contributed by atoms with van der Waals surface area (Å²) in [5, 5.41) is 0. The van der Waals surface area contributed by atoms with Gasteiger partial charge in [-0.3, -0.25) is 4.79 Å². The molecule has 24 heavy (non-hydrogen) atoms. The summed E-state index contributed by atoms with van der Waals surface area (Å²) in [6.45, 7) is 4.89. The molecule has 0 saturated carbocycles. The van der Waals surface area contributed by atoms with E-state index >= 15 is 0 Å². The number of carbonyl (C=O) groups excluding carboxylic acids is 1. The first-order valence-corrected chi connectivity index (χ1v) is 8.48. The Balaban J connectivity index is 1.51. The average Bonchev–Trinajstić information content (AvgIpc) is 2.56. The summed E-state index contributed by atoms with van der Waals surface area (Å²) in [5.41, 5.74) is -0.261. The van der Waals surface area contributed by atoms with Gasteiger partial charge in [-0.05, 0) is 31.2 Å². The predicted octanol–water partition coefficient (Wildman–Crippen LogP) is 2.39. The van der Waals surface area contributed by atoms with Crippen molar-refractivity contribution in [2.24, 2.45) is 0 Å². The third-order valence-electron chi connectivity index (χ3n) is 4.56. The number of benzene rings is 1. The van der Waals surface area contributed by atoms with Crippen LogP contribution >= 0.6 is 0 Å². The molecule has 2 aliphatic rings. The fourth-order valence-electron chi connectivity index (χ4n) is 3.38. The van der Waals surface area contributed by atoms with Crippen molar-refractivity contribution < 1.29 is 23.4 Å². The van der Waals surface area contributed by atoms with Crippen LogP contribution in [0.25, 0.3) is 0 Å². The third-order valence-corrected chi connectivity index (χ3v) is 4.56. The minimum absolute atomic E-state index is 0.0267. The van der Waals surface area contributed by atoms with Crippen molar-refractivity contribution in [2.75, 3.05) is 32.9 Å².